The molecular weight excluding hydrogens is 355 g/mol. The predicted molar refractivity (Wildman–Crippen MR) is 109 cm³/mol. The van der Waals surface area contributed by atoms with Crippen molar-refractivity contribution in [2.24, 2.45) is 10.7 Å². The Morgan fingerprint density at radius 1 is 1.07 bits per heavy atom. The third kappa shape index (κ3) is 3.27. The number of amidine groups is 1. The first kappa shape index (κ1) is 17.6. The van der Waals surface area contributed by atoms with Crippen molar-refractivity contribution in [1.29, 1.82) is 0 Å². The Labute approximate surface area is 160 Å². The highest BCUT2D eigenvalue weighted by atomic mass is 19.1. The zero-order chi connectivity index (χ0) is 19.7. The molecule has 2 aromatic carbocycles. The average molecular weight is 372 g/mol. The maximum Gasteiger partial charge on any atom is 0.193 e. The van der Waals surface area contributed by atoms with Gasteiger partial charge < -0.3 is 10.7 Å². The highest BCUT2D eigenvalue weighted by Gasteiger charge is 2.11. The summed E-state index contributed by atoms with van der Waals surface area (Å²) in [6, 6.07) is 17.0. The summed E-state index contributed by atoms with van der Waals surface area (Å²) in [5, 5.41) is 0.606. The first-order valence-corrected chi connectivity index (χ1v) is 8.71. The molecule has 0 saturated carbocycles. The molecule has 0 aliphatic carbocycles. The highest BCUT2D eigenvalue weighted by molar-refractivity contribution is 6.00. The summed E-state index contributed by atoms with van der Waals surface area (Å²) in [6.07, 6.45) is 1.61. The number of nitrogens with one attached hydrogen (secondary N) is 1. The van der Waals surface area contributed by atoms with Crippen molar-refractivity contribution in [1.82, 2.24) is 9.97 Å². The molecule has 0 unspecified atom stereocenters. The van der Waals surface area contributed by atoms with E-state index >= 15 is 0 Å². The van der Waals surface area contributed by atoms with Crippen LogP contribution >= 0.6 is 0 Å². The van der Waals surface area contributed by atoms with E-state index in [1.165, 1.54) is 12.1 Å². The summed E-state index contributed by atoms with van der Waals surface area (Å²) in [4.78, 5) is 24.3. The largest absolute Gasteiger partial charge is 0.382 e. The van der Waals surface area contributed by atoms with E-state index in [0.717, 1.165) is 11.1 Å². The number of pyridine rings is 2. The minimum atomic E-state index is -0.306. The molecule has 5 nitrogen and oxygen atoms in total. The van der Waals surface area contributed by atoms with Crippen LogP contribution in [0.3, 0.4) is 0 Å². The fraction of sp³-hybridized carbons (Fsp3) is 0.0455. The van der Waals surface area contributed by atoms with Crippen LogP contribution in [-0.4, -0.2) is 15.8 Å². The van der Waals surface area contributed by atoms with Gasteiger partial charge in [0.15, 0.2) is 11.2 Å². The summed E-state index contributed by atoms with van der Waals surface area (Å²) in [7, 11) is 0. The van der Waals surface area contributed by atoms with Gasteiger partial charge in [0.05, 0.1) is 5.69 Å². The van der Waals surface area contributed by atoms with Gasteiger partial charge in [0.1, 0.15) is 11.7 Å². The van der Waals surface area contributed by atoms with E-state index in [1.54, 1.807) is 43.5 Å². The number of aliphatic imine (C=N–C) groups is 1. The highest BCUT2D eigenvalue weighted by Crippen LogP contribution is 2.21. The molecule has 0 bridgehead atoms. The number of hydrogen-bond acceptors (Lipinski definition) is 3. The lowest BCUT2D eigenvalue weighted by Gasteiger charge is -2.08. The number of nitrogens with zero attached hydrogens (tertiary/aromatic N) is 2. The summed E-state index contributed by atoms with van der Waals surface area (Å²) in [5.41, 5.74) is 9.22. The zero-order valence-electron chi connectivity index (χ0n) is 15.1. The number of benzene rings is 2. The van der Waals surface area contributed by atoms with Gasteiger partial charge in [-0.3, -0.25) is 4.79 Å². The van der Waals surface area contributed by atoms with Crippen LogP contribution in [0.1, 0.15) is 11.3 Å². The molecule has 28 heavy (non-hydrogen) atoms. The molecular formula is C22H17FN4O. The molecule has 4 rings (SSSR count). The Kier molecular flexibility index (Phi) is 4.45. The van der Waals surface area contributed by atoms with Gasteiger partial charge in [-0.1, -0.05) is 24.3 Å². The molecule has 138 valence electrons. The molecule has 0 saturated heterocycles. The predicted octanol–water partition coefficient (Wildman–Crippen LogP) is 4.07. The summed E-state index contributed by atoms with van der Waals surface area (Å²) >= 11 is 0. The van der Waals surface area contributed by atoms with Crippen LogP contribution in [0, 0.1) is 12.7 Å². The van der Waals surface area contributed by atoms with Crippen molar-refractivity contribution < 1.29 is 4.39 Å². The van der Waals surface area contributed by atoms with E-state index in [2.05, 4.69) is 15.0 Å². The van der Waals surface area contributed by atoms with Gasteiger partial charge >= 0.3 is 0 Å². The third-order valence-electron chi connectivity index (χ3n) is 4.54. The molecule has 0 radical (unpaired) electrons. The maximum atomic E-state index is 13.4. The summed E-state index contributed by atoms with van der Waals surface area (Å²) < 4.78 is 13.4. The van der Waals surface area contributed by atoms with E-state index in [9.17, 15) is 9.18 Å². The fourth-order valence-electron chi connectivity index (χ4n) is 3.06. The van der Waals surface area contributed by atoms with Gasteiger partial charge in [0, 0.05) is 28.2 Å². The monoisotopic (exact) mass is 372 g/mol. The molecule has 4 aromatic rings. The Morgan fingerprint density at radius 3 is 2.64 bits per heavy atom. The van der Waals surface area contributed by atoms with Crippen LogP contribution in [0.2, 0.25) is 0 Å². The first-order chi connectivity index (χ1) is 13.5. The normalized spacial score (nSPS) is 11.7. The van der Waals surface area contributed by atoms with Crippen LogP contribution in [0.25, 0.3) is 22.0 Å². The number of H-pyrrole nitrogens is 1. The lowest BCUT2D eigenvalue weighted by molar-refractivity contribution is 0.628. The van der Waals surface area contributed by atoms with Crippen LogP contribution in [0.5, 0.6) is 0 Å². The Balaban J connectivity index is 1.70. The molecule has 0 atom stereocenters. The topological polar surface area (TPSA) is 84.1 Å². The van der Waals surface area contributed by atoms with Gasteiger partial charge in [0.2, 0.25) is 0 Å². The molecule has 0 spiro atoms. The van der Waals surface area contributed by atoms with Crippen molar-refractivity contribution in [3.63, 3.8) is 0 Å². The summed E-state index contributed by atoms with van der Waals surface area (Å²) in [6.45, 7) is 1.71. The fourth-order valence-corrected chi connectivity index (χ4v) is 3.06. The van der Waals surface area contributed by atoms with Crippen LogP contribution in [-0.2, 0) is 0 Å². The molecule has 0 aliphatic heterocycles. The van der Waals surface area contributed by atoms with Gasteiger partial charge in [-0.15, -0.1) is 0 Å². The number of nitrogens with two attached hydrogens (primary N) is 1. The van der Waals surface area contributed by atoms with Crippen molar-refractivity contribution in [2.45, 2.75) is 6.92 Å². The average Bonchev–Trinajstić information content (AvgIpc) is 2.71. The third-order valence-corrected chi connectivity index (χ3v) is 4.54. The number of aromatic nitrogens is 2. The first-order valence-electron chi connectivity index (χ1n) is 8.71. The molecule has 2 aromatic heterocycles. The second kappa shape index (κ2) is 7.08. The number of fused-ring (bicyclic) bond motifs is 1. The standard InChI is InChI=1S/C22H17FN4O/c1-13-20(26-18-8-3-2-7-17(18)21(13)28)22(24)27-19-10-9-15(12-25-19)14-5-4-6-16(23)11-14/h2-12H,1H3,(H,26,28)(H2,24,25,27). The second-order valence-electron chi connectivity index (χ2n) is 6.41. The van der Waals surface area contributed by atoms with Crippen LogP contribution in [0.4, 0.5) is 10.2 Å². The lowest BCUT2D eigenvalue weighted by Crippen LogP contribution is -2.21. The minimum absolute atomic E-state index is 0.0862. The smallest absolute Gasteiger partial charge is 0.193 e. The van der Waals surface area contributed by atoms with E-state index in [1.807, 2.05) is 18.2 Å². The zero-order valence-corrected chi connectivity index (χ0v) is 15.1. The number of halogens is 1. The van der Waals surface area contributed by atoms with E-state index in [-0.39, 0.29) is 17.1 Å². The van der Waals surface area contributed by atoms with Crippen LogP contribution < -0.4 is 11.2 Å². The number of para-hydroxylation sites is 1. The quantitative estimate of drug-likeness (QED) is 0.420. The van der Waals surface area contributed by atoms with E-state index in [0.29, 0.717) is 28.0 Å². The Hall–Kier alpha value is -3.80. The maximum absolute atomic E-state index is 13.4. The minimum Gasteiger partial charge on any atom is -0.382 e. The van der Waals surface area contributed by atoms with Crippen molar-refractivity contribution in [3.8, 4) is 11.1 Å². The molecule has 0 aliphatic rings. The van der Waals surface area contributed by atoms with Crippen molar-refractivity contribution in [2.75, 3.05) is 0 Å². The lowest BCUT2D eigenvalue weighted by atomic mass is 10.1. The second-order valence-corrected chi connectivity index (χ2v) is 6.41. The van der Waals surface area contributed by atoms with E-state index < -0.39 is 0 Å². The summed E-state index contributed by atoms with van der Waals surface area (Å²) in [5.74, 6) is 0.261. The number of aromatic amines is 1. The number of rotatable bonds is 3. The molecule has 0 fully saturated rings. The molecule has 6 heteroatoms. The van der Waals surface area contributed by atoms with Crippen molar-refractivity contribution >= 4 is 22.6 Å². The Morgan fingerprint density at radius 2 is 1.89 bits per heavy atom. The Bertz CT molecular complexity index is 1260. The van der Waals surface area contributed by atoms with Gasteiger partial charge in [-0.2, -0.15) is 0 Å². The van der Waals surface area contributed by atoms with E-state index in [4.69, 9.17) is 5.73 Å². The molecule has 2 heterocycles. The van der Waals surface area contributed by atoms with Crippen LogP contribution in [0.15, 0.2) is 76.6 Å². The molecule has 3 N–H and O–H groups in total. The SMILES string of the molecule is Cc1c(C(N)=Nc2ccc(-c3cccc(F)c3)cn2)[nH]c2ccccc2c1=O. The van der Waals surface area contributed by atoms with Gasteiger partial charge in [-0.05, 0) is 48.9 Å². The van der Waals surface area contributed by atoms with Gasteiger partial charge in [0.25, 0.3) is 0 Å². The van der Waals surface area contributed by atoms with Crippen molar-refractivity contribution in [3.05, 3.63) is 94.2 Å². The molecule has 0 amide bonds. The number of hydrogen-bond donors (Lipinski definition) is 2. The van der Waals surface area contributed by atoms with Gasteiger partial charge in [-0.25, -0.2) is 14.4 Å².